The Kier molecular flexibility index (Phi) is 5.65. The lowest BCUT2D eigenvalue weighted by molar-refractivity contribution is -0.119. The fourth-order valence-electron chi connectivity index (χ4n) is 3.83. The van der Waals surface area contributed by atoms with Crippen molar-refractivity contribution in [2.75, 3.05) is 37.7 Å². The molecule has 3 rings (SSSR count). The molecular weight excluding hydrogens is 388 g/mol. The van der Waals surface area contributed by atoms with Crippen LogP contribution in [0.1, 0.15) is 25.3 Å². The molecule has 2 atom stereocenters. The zero-order valence-corrected chi connectivity index (χ0v) is 17.2. The Balaban J connectivity index is 1.88. The smallest absolute Gasteiger partial charge is 0.209 e. The van der Waals surface area contributed by atoms with Gasteiger partial charge in [0.25, 0.3) is 0 Å². The lowest BCUT2D eigenvalue weighted by Crippen LogP contribution is -2.54. The number of piperazine rings is 1. The van der Waals surface area contributed by atoms with Gasteiger partial charge in [-0.3, -0.25) is 9.69 Å². The van der Waals surface area contributed by atoms with Crippen molar-refractivity contribution in [2.24, 2.45) is 0 Å². The maximum atomic E-state index is 13.2. The fraction of sp³-hybridized carbons (Fsp3) is 0.611. The van der Waals surface area contributed by atoms with Crippen LogP contribution in [0.25, 0.3) is 0 Å². The predicted octanol–water partition coefficient (Wildman–Crippen LogP) is 0.523. The van der Waals surface area contributed by atoms with Crippen LogP contribution in [0.2, 0.25) is 0 Å². The van der Waals surface area contributed by atoms with Crippen molar-refractivity contribution in [3.8, 4) is 0 Å². The summed E-state index contributed by atoms with van der Waals surface area (Å²) >= 11 is 0. The Morgan fingerprint density at radius 1 is 1.04 bits per heavy atom. The molecule has 0 spiro atoms. The van der Waals surface area contributed by atoms with Gasteiger partial charge in [0, 0.05) is 32.2 Å². The lowest BCUT2D eigenvalue weighted by Gasteiger charge is -2.37. The number of nitrogens with zero attached hydrogens (tertiary/aromatic N) is 2. The van der Waals surface area contributed by atoms with Gasteiger partial charge in [-0.1, -0.05) is 26.0 Å². The number of amides is 1. The van der Waals surface area contributed by atoms with Crippen molar-refractivity contribution in [1.82, 2.24) is 9.80 Å². The normalized spacial score (nSPS) is 26.4. The second-order valence-electron chi connectivity index (χ2n) is 7.63. The van der Waals surface area contributed by atoms with Gasteiger partial charge in [0.1, 0.15) is 0 Å². The first-order chi connectivity index (χ1) is 12.6. The molecule has 0 saturated carbocycles. The Hall–Kier alpha value is -1.45. The molecule has 2 heterocycles. The molecule has 7 nitrogen and oxygen atoms in total. The zero-order chi connectivity index (χ0) is 19.8. The Labute approximate surface area is 161 Å². The molecule has 0 radical (unpaired) electrons. The molecule has 27 heavy (non-hydrogen) atoms. The Morgan fingerprint density at radius 2 is 1.63 bits per heavy atom. The van der Waals surface area contributed by atoms with E-state index in [9.17, 15) is 21.6 Å². The van der Waals surface area contributed by atoms with Crippen molar-refractivity contribution in [3.63, 3.8) is 0 Å². The van der Waals surface area contributed by atoms with Crippen molar-refractivity contribution < 1.29 is 21.6 Å². The molecule has 0 bridgehead atoms. The molecule has 2 fully saturated rings. The van der Waals surface area contributed by atoms with E-state index in [-0.39, 0.29) is 22.3 Å². The molecular formula is C18H26N2O5S2. The summed E-state index contributed by atoms with van der Waals surface area (Å²) in [7, 11) is -7.20. The van der Waals surface area contributed by atoms with E-state index in [2.05, 4.69) is 0 Å². The van der Waals surface area contributed by atoms with Crippen LogP contribution in [0.4, 0.5) is 0 Å². The fourth-order valence-corrected chi connectivity index (χ4v) is 8.66. The van der Waals surface area contributed by atoms with Gasteiger partial charge in [0.2, 0.25) is 6.41 Å². The number of rotatable bonds is 5. The van der Waals surface area contributed by atoms with E-state index in [1.165, 1.54) is 0 Å². The summed E-state index contributed by atoms with van der Waals surface area (Å²) in [5.41, 5.74) is 1.04. The average Bonchev–Trinajstić information content (AvgIpc) is 2.98. The predicted molar refractivity (Wildman–Crippen MR) is 103 cm³/mol. The van der Waals surface area contributed by atoms with E-state index in [0.717, 1.165) is 12.0 Å². The summed E-state index contributed by atoms with van der Waals surface area (Å²) < 4.78 is 51.0. The monoisotopic (exact) mass is 414 g/mol. The van der Waals surface area contributed by atoms with E-state index in [4.69, 9.17) is 0 Å². The first kappa shape index (κ1) is 20.3. The SMILES string of the molecule is CC(C)c1ccc(S(=O)(=O)[C@H]2CS(=O)(=O)C[C@@H]2N2CCN(C=O)CC2)cc1. The number of sulfone groups is 2. The van der Waals surface area contributed by atoms with E-state index < -0.39 is 31.0 Å². The highest BCUT2D eigenvalue weighted by molar-refractivity contribution is 7.96. The van der Waals surface area contributed by atoms with Crippen molar-refractivity contribution in [2.45, 2.75) is 36.0 Å². The van der Waals surface area contributed by atoms with E-state index in [1.54, 1.807) is 29.2 Å². The molecule has 1 aromatic carbocycles. The highest BCUT2D eigenvalue weighted by Gasteiger charge is 2.48. The van der Waals surface area contributed by atoms with Crippen LogP contribution in [0, 0.1) is 0 Å². The molecule has 0 aromatic heterocycles. The van der Waals surface area contributed by atoms with Gasteiger partial charge in [-0.2, -0.15) is 0 Å². The summed E-state index contributed by atoms with van der Waals surface area (Å²) in [5.74, 6) is -0.211. The number of carbonyl (C=O) groups excluding carboxylic acids is 1. The molecule has 2 aliphatic heterocycles. The van der Waals surface area contributed by atoms with Crippen molar-refractivity contribution >= 4 is 26.1 Å². The summed E-state index contributed by atoms with van der Waals surface area (Å²) in [6.45, 7) is 5.99. The Bertz CT molecular complexity index is 886. The van der Waals surface area contributed by atoms with Crippen LogP contribution in [-0.4, -0.2) is 82.0 Å². The van der Waals surface area contributed by atoms with Gasteiger partial charge in [-0.05, 0) is 23.6 Å². The maximum absolute atomic E-state index is 13.2. The number of hydrogen-bond donors (Lipinski definition) is 0. The molecule has 1 amide bonds. The topological polar surface area (TPSA) is 91.8 Å². The van der Waals surface area contributed by atoms with Crippen molar-refractivity contribution in [1.29, 1.82) is 0 Å². The zero-order valence-electron chi connectivity index (χ0n) is 15.6. The second kappa shape index (κ2) is 7.52. The van der Waals surface area contributed by atoms with Gasteiger partial charge in [0.05, 0.1) is 21.7 Å². The van der Waals surface area contributed by atoms with Gasteiger partial charge < -0.3 is 4.90 Å². The molecule has 0 unspecified atom stereocenters. The molecule has 0 aliphatic carbocycles. The largest absolute Gasteiger partial charge is 0.343 e. The second-order valence-corrected chi connectivity index (χ2v) is 11.9. The molecule has 9 heteroatoms. The van der Waals surface area contributed by atoms with Crippen LogP contribution < -0.4 is 0 Å². The van der Waals surface area contributed by atoms with Gasteiger partial charge in [0.15, 0.2) is 19.7 Å². The molecule has 150 valence electrons. The van der Waals surface area contributed by atoms with Crippen LogP contribution in [0.15, 0.2) is 29.2 Å². The highest BCUT2D eigenvalue weighted by Crippen LogP contribution is 2.30. The van der Waals surface area contributed by atoms with Crippen LogP contribution >= 0.6 is 0 Å². The first-order valence-corrected chi connectivity index (χ1v) is 12.5. The van der Waals surface area contributed by atoms with E-state index >= 15 is 0 Å². The maximum Gasteiger partial charge on any atom is 0.209 e. The third-order valence-corrected chi connectivity index (χ3v) is 9.65. The quantitative estimate of drug-likeness (QED) is 0.653. The summed E-state index contributed by atoms with van der Waals surface area (Å²) in [6.07, 6.45) is 0.771. The number of benzene rings is 1. The molecule has 1 aromatic rings. The van der Waals surface area contributed by atoms with Gasteiger partial charge in [-0.25, -0.2) is 16.8 Å². The van der Waals surface area contributed by atoms with Crippen LogP contribution in [0.5, 0.6) is 0 Å². The standard InChI is InChI=1S/C18H26N2O5S2/c1-14(2)15-3-5-16(6-4-15)27(24,25)18-12-26(22,23)11-17(18)20-9-7-19(13-21)8-10-20/h3-6,13-14,17-18H,7-12H2,1-2H3/t17-,18-/m0/s1. The third kappa shape index (κ3) is 4.20. The molecule has 2 aliphatic rings. The first-order valence-electron chi connectivity index (χ1n) is 9.12. The lowest BCUT2D eigenvalue weighted by atomic mass is 10.0. The molecule has 2 saturated heterocycles. The summed E-state index contributed by atoms with van der Waals surface area (Å²) in [6, 6.07) is 6.17. The Morgan fingerprint density at radius 3 is 2.15 bits per heavy atom. The number of hydrogen-bond acceptors (Lipinski definition) is 6. The van der Waals surface area contributed by atoms with Crippen LogP contribution in [0.3, 0.4) is 0 Å². The minimum absolute atomic E-state index is 0.151. The third-order valence-electron chi connectivity index (χ3n) is 5.51. The van der Waals surface area contributed by atoms with E-state index in [1.807, 2.05) is 18.7 Å². The highest BCUT2D eigenvalue weighted by atomic mass is 32.2. The van der Waals surface area contributed by atoms with Gasteiger partial charge >= 0.3 is 0 Å². The summed E-state index contributed by atoms with van der Waals surface area (Å²) in [4.78, 5) is 14.6. The average molecular weight is 415 g/mol. The van der Waals surface area contributed by atoms with Gasteiger partial charge in [-0.15, -0.1) is 0 Å². The van der Waals surface area contributed by atoms with Crippen LogP contribution in [-0.2, 0) is 24.5 Å². The minimum Gasteiger partial charge on any atom is -0.343 e. The van der Waals surface area contributed by atoms with E-state index in [0.29, 0.717) is 26.2 Å². The number of carbonyl (C=O) groups is 1. The van der Waals surface area contributed by atoms with Crippen molar-refractivity contribution in [3.05, 3.63) is 29.8 Å². The summed E-state index contributed by atoms with van der Waals surface area (Å²) in [5, 5.41) is -0.977. The molecule has 0 N–H and O–H groups in total. The minimum atomic E-state index is -3.77.